The molecule has 2 heterocycles. The first-order valence-electron chi connectivity index (χ1n) is 6.22. The Labute approximate surface area is 120 Å². The van der Waals surface area contributed by atoms with Crippen LogP contribution in [0.25, 0.3) is 0 Å². The van der Waals surface area contributed by atoms with Crippen LogP contribution in [0.4, 0.5) is 5.69 Å². The van der Waals surface area contributed by atoms with Crippen LogP contribution in [0.3, 0.4) is 0 Å². The topological polar surface area (TPSA) is 93.2 Å². The Morgan fingerprint density at radius 3 is 3.10 bits per heavy atom. The number of hydrogen-bond acceptors (Lipinski definition) is 6. The molecule has 1 unspecified atom stereocenters. The molecule has 2 N–H and O–H groups in total. The van der Waals surface area contributed by atoms with Crippen molar-refractivity contribution in [3.05, 3.63) is 44.9 Å². The molecule has 0 aromatic carbocycles. The van der Waals surface area contributed by atoms with Gasteiger partial charge in [-0.1, -0.05) is 0 Å². The predicted molar refractivity (Wildman–Crippen MR) is 75.8 cm³/mol. The zero-order valence-corrected chi connectivity index (χ0v) is 11.6. The Balaban J connectivity index is 1.66. The van der Waals surface area contributed by atoms with Crippen LogP contribution in [0.5, 0.6) is 0 Å². The number of aliphatic hydroxyl groups excluding tert-OH is 1. The van der Waals surface area contributed by atoms with Gasteiger partial charge in [0.05, 0.1) is 17.6 Å². The number of aromatic nitrogens is 2. The van der Waals surface area contributed by atoms with Gasteiger partial charge in [0.15, 0.2) is 0 Å². The fourth-order valence-electron chi connectivity index (χ4n) is 1.76. The Morgan fingerprint density at radius 1 is 1.60 bits per heavy atom. The molecule has 7 nitrogen and oxygen atoms in total. The summed E-state index contributed by atoms with van der Waals surface area (Å²) in [4.78, 5) is 10.00. The molecule has 2 aromatic rings. The summed E-state index contributed by atoms with van der Waals surface area (Å²) in [6.45, 7) is 1.45. The van der Waals surface area contributed by atoms with Crippen molar-refractivity contribution in [2.45, 2.75) is 19.1 Å². The summed E-state index contributed by atoms with van der Waals surface area (Å²) < 4.78 is 1.38. The van der Waals surface area contributed by atoms with E-state index in [9.17, 15) is 15.2 Å². The average Bonchev–Trinajstić information content (AvgIpc) is 3.05. The Morgan fingerprint density at radius 2 is 2.45 bits per heavy atom. The van der Waals surface area contributed by atoms with Crippen LogP contribution < -0.4 is 5.32 Å². The van der Waals surface area contributed by atoms with Gasteiger partial charge in [-0.3, -0.25) is 14.8 Å². The maximum Gasteiger partial charge on any atom is 0.306 e. The van der Waals surface area contributed by atoms with E-state index in [1.165, 1.54) is 22.6 Å². The summed E-state index contributed by atoms with van der Waals surface area (Å²) in [5.74, 6) is 0. The lowest BCUT2D eigenvalue weighted by atomic mass is 10.2. The van der Waals surface area contributed by atoms with Gasteiger partial charge in [0.25, 0.3) is 0 Å². The highest BCUT2D eigenvalue weighted by Gasteiger charge is 2.11. The maximum atomic E-state index is 10.5. The largest absolute Gasteiger partial charge is 0.390 e. The van der Waals surface area contributed by atoms with Crippen LogP contribution >= 0.6 is 11.3 Å². The van der Waals surface area contributed by atoms with Crippen molar-refractivity contribution >= 4 is 17.0 Å². The zero-order chi connectivity index (χ0) is 14.4. The van der Waals surface area contributed by atoms with Gasteiger partial charge in [0.2, 0.25) is 0 Å². The lowest BCUT2D eigenvalue weighted by Crippen LogP contribution is -2.31. The van der Waals surface area contributed by atoms with Gasteiger partial charge in [-0.2, -0.15) is 16.4 Å². The Hall–Kier alpha value is -1.77. The van der Waals surface area contributed by atoms with Crippen molar-refractivity contribution in [3.8, 4) is 0 Å². The highest BCUT2D eigenvalue weighted by molar-refractivity contribution is 7.07. The van der Waals surface area contributed by atoms with Crippen LogP contribution in [0.1, 0.15) is 5.56 Å². The Bertz CT molecular complexity index is 541. The molecule has 0 aliphatic rings. The molecule has 0 saturated carbocycles. The summed E-state index contributed by atoms with van der Waals surface area (Å²) in [5.41, 5.74) is 1.21. The average molecular weight is 296 g/mol. The first kappa shape index (κ1) is 14.6. The van der Waals surface area contributed by atoms with Crippen molar-refractivity contribution in [2.24, 2.45) is 0 Å². The fourth-order valence-corrected chi connectivity index (χ4v) is 2.47. The van der Waals surface area contributed by atoms with Crippen molar-refractivity contribution < 1.29 is 10.0 Å². The maximum absolute atomic E-state index is 10.5. The quantitative estimate of drug-likeness (QED) is 0.431. The second kappa shape index (κ2) is 7.13. The minimum absolute atomic E-state index is 0.0670. The zero-order valence-electron chi connectivity index (χ0n) is 10.8. The van der Waals surface area contributed by atoms with Crippen LogP contribution in [0, 0.1) is 10.1 Å². The molecule has 2 aromatic heterocycles. The molecule has 2 rings (SSSR count). The van der Waals surface area contributed by atoms with E-state index in [1.807, 2.05) is 5.38 Å². The van der Waals surface area contributed by atoms with E-state index < -0.39 is 11.0 Å². The van der Waals surface area contributed by atoms with Crippen molar-refractivity contribution in [1.82, 2.24) is 15.1 Å². The molecule has 0 aliphatic carbocycles. The van der Waals surface area contributed by atoms with E-state index in [-0.39, 0.29) is 12.2 Å². The highest BCUT2D eigenvalue weighted by Crippen LogP contribution is 2.08. The SMILES string of the molecule is O=[N+]([O-])c1cnn(CC(O)CNCCc2ccsc2)c1. The van der Waals surface area contributed by atoms with Gasteiger partial charge < -0.3 is 10.4 Å². The number of rotatable bonds is 8. The third-order valence-electron chi connectivity index (χ3n) is 2.78. The van der Waals surface area contributed by atoms with Gasteiger partial charge in [0, 0.05) is 6.54 Å². The number of thiophene rings is 1. The van der Waals surface area contributed by atoms with E-state index in [2.05, 4.69) is 21.9 Å². The van der Waals surface area contributed by atoms with Crippen molar-refractivity contribution in [1.29, 1.82) is 0 Å². The summed E-state index contributed by atoms with van der Waals surface area (Å²) >= 11 is 1.67. The molecule has 0 fully saturated rings. The molecule has 8 heteroatoms. The molecule has 0 amide bonds. The molecule has 20 heavy (non-hydrogen) atoms. The Kier molecular flexibility index (Phi) is 5.22. The van der Waals surface area contributed by atoms with E-state index in [0.717, 1.165) is 13.0 Å². The van der Waals surface area contributed by atoms with Crippen LogP contribution in [0.2, 0.25) is 0 Å². The van der Waals surface area contributed by atoms with E-state index >= 15 is 0 Å². The monoisotopic (exact) mass is 296 g/mol. The minimum Gasteiger partial charge on any atom is -0.390 e. The fraction of sp³-hybridized carbons (Fsp3) is 0.417. The first-order valence-corrected chi connectivity index (χ1v) is 7.16. The molecule has 1 atom stereocenters. The molecular formula is C12H16N4O3S. The summed E-state index contributed by atoms with van der Waals surface area (Å²) in [7, 11) is 0. The first-order chi connectivity index (χ1) is 9.65. The standard InChI is InChI=1S/C12H16N4O3S/c17-12(6-13-3-1-10-2-4-20-9-10)8-15-7-11(5-14-15)16(18)19/h2,4-5,7,9,12-13,17H,1,3,6,8H2. The number of aliphatic hydroxyl groups is 1. The molecule has 0 saturated heterocycles. The van der Waals surface area contributed by atoms with Crippen LogP contribution in [-0.2, 0) is 13.0 Å². The number of nitrogens with one attached hydrogen (secondary N) is 1. The second-order valence-corrected chi connectivity index (χ2v) is 5.20. The van der Waals surface area contributed by atoms with E-state index in [0.29, 0.717) is 6.54 Å². The molecule has 0 bridgehead atoms. The van der Waals surface area contributed by atoms with Gasteiger partial charge >= 0.3 is 5.69 Å². The highest BCUT2D eigenvalue weighted by atomic mass is 32.1. The smallest absolute Gasteiger partial charge is 0.306 e. The lowest BCUT2D eigenvalue weighted by Gasteiger charge is -2.11. The molecule has 0 aliphatic heterocycles. The molecular weight excluding hydrogens is 280 g/mol. The summed E-state index contributed by atoms with van der Waals surface area (Å²) in [6, 6.07) is 2.08. The van der Waals surface area contributed by atoms with Gasteiger partial charge in [-0.25, -0.2) is 0 Å². The number of nitrogens with zero attached hydrogens (tertiary/aromatic N) is 3. The van der Waals surface area contributed by atoms with Gasteiger partial charge in [-0.15, -0.1) is 0 Å². The molecule has 0 spiro atoms. The normalized spacial score (nSPS) is 12.4. The lowest BCUT2D eigenvalue weighted by molar-refractivity contribution is -0.385. The summed E-state index contributed by atoms with van der Waals surface area (Å²) in [6.07, 6.45) is 2.78. The number of hydrogen-bond donors (Lipinski definition) is 2. The second-order valence-electron chi connectivity index (χ2n) is 4.42. The van der Waals surface area contributed by atoms with Crippen LogP contribution in [0.15, 0.2) is 29.2 Å². The van der Waals surface area contributed by atoms with Crippen LogP contribution in [-0.4, -0.2) is 39.0 Å². The minimum atomic E-state index is -0.628. The van der Waals surface area contributed by atoms with Gasteiger partial charge in [-0.05, 0) is 35.4 Å². The third kappa shape index (κ3) is 4.41. The van der Waals surface area contributed by atoms with Crippen molar-refractivity contribution in [2.75, 3.05) is 13.1 Å². The summed E-state index contributed by atoms with van der Waals surface area (Å²) in [5, 5.41) is 31.4. The predicted octanol–water partition coefficient (Wildman–Crippen LogP) is 1.05. The van der Waals surface area contributed by atoms with Gasteiger partial charge in [0.1, 0.15) is 12.4 Å². The van der Waals surface area contributed by atoms with E-state index in [4.69, 9.17) is 0 Å². The van der Waals surface area contributed by atoms with E-state index in [1.54, 1.807) is 11.3 Å². The molecule has 108 valence electrons. The van der Waals surface area contributed by atoms with Crippen molar-refractivity contribution in [3.63, 3.8) is 0 Å². The third-order valence-corrected chi connectivity index (χ3v) is 3.51. The molecule has 0 radical (unpaired) electrons. The number of nitro groups is 1.